The number of carbonyl (C=O) groups is 1. The first-order valence-corrected chi connectivity index (χ1v) is 6.97. The van der Waals surface area contributed by atoms with E-state index in [1.807, 2.05) is 11.8 Å². The Morgan fingerprint density at radius 1 is 1.73 bits per heavy atom. The molecule has 82 valence electrons. The minimum absolute atomic E-state index is 0.0712. The SMILES string of the molecule is CC(Br)C(=O)N1CCCC1c1cccs1. The fourth-order valence-electron chi connectivity index (χ4n) is 2.04. The zero-order valence-corrected chi connectivity index (χ0v) is 11.1. The Morgan fingerprint density at radius 3 is 3.13 bits per heavy atom. The molecule has 0 N–H and O–H groups in total. The van der Waals surface area contributed by atoms with Gasteiger partial charge in [-0.3, -0.25) is 4.79 Å². The zero-order valence-electron chi connectivity index (χ0n) is 8.65. The average molecular weight is 288 g/mol. The second-order valence-corrected chi connectivity index (χ2v) is 6.17. The molecule has 1 saturated heterocycles. The quantitative estimate of drug-likeness (QED) is 0.765. The molecule has 1 aromatic rings. The van der Waals surface area contributed by atoms with E-state index in [0.717, 1.165) is 19.4 Å². The van der Waals surface area contributed by atoms with Crippen LogP contribution in [0.15, 0.2) is 17.5 Å². The molecule has 2 heterocycles. The van der Waals surface area contributed by atoms with Crippen molar-refractivity contribution in [2.75, 3.05) is 6.54 Å². The highest BCUT2D eigenvalue weighted by Crippen LogP contribution is 2.35. The Morgan fingerprint density at radius 2 is 2.53 bits per heavy atom. The fraction of sp³-hybridized carbons (Fsp3) is 0.545. The predicted molar refractivity (Wildman–Crippen MR) is 66.4 cm³/mol. The number of hydrogen-bond acceptors (Lipinski definition) is 2. The number of carbonyl (C=O) groups excluding carboxylic acids is 1. The van der Waals surface area contributed by atoms with Crippen molar-refractivity contribution in [2.45, 2.75) is 30.6 Å². The van der Waals surface area contributed by atoms with Gasteiger partial charge in [0, 0.05) is 11.4 Å². The van der Waals surface area contributed by atoms with Gasteiger partial charge in [0.15, 0.2) is 0 Å². The molecule has 0 spiro atoms. The standard InChI is InChI=1S/C11H14BrNOS/c1-8(12)11(14)13-6-2-4-9(13)10-5-3-7-15-10/h3,5,7-9H,2,4,6H2,1H3. The third-order valence-corrected chi connectivity index (χ3v) is 4.11. The van der Waals surface area contributed by atoms with Crippen LogP contribution in [0.2, 0.25) is 0 Å². The average Bonchev–Trinajstić information content (AvgIpc) is 2.86. The van der Waals surface area contributed by atoms with Gasteiger partial charge in [-0.1, -0.05) is 22.0 Å². The van der Waals surface area contributed by atoms with Crippen molar-refractivity contribution in [3.8, 4) is 0 Å². The first kappa shape index (κ1) is 11.1. The number of thiophene rings is 1. The molecule has 1 amide bonds. The van der Waals surface area contributed by atoms with Crippen molar-refractivity contribution in [2.24, 2.45) is 0 Å². The van der Waals surface area contributed by atoms with E-state index in [1.165, 1.54) is 4.88 Å². The summed E-state index contributed by atoms with van der Waals surface area (Å²) in [6.07, 6.45) is 2.22. The Kier molecular flexibility index (Phi) is 3.46. The molecule has 0 aromatic carbocycles. The summed E-state index contributed by atoms with van der Waals surface area (Å²) in [5, 5.41) is 2.08. The molecule has 0 bridgehead atoms. The van der Waals surface area contributed by atoms with Crippen molar-refractivity contribution in [3.63, 3.8) is 0 Å². The lowest BCUT2D eigenvalue weighted by atomic mass is 10.2. The van der Waals surface area contributed by atoms with Gasteiger partial charge in [0.25, 0.3) is 0 Å². The molecule has 15 heavy (non-hydrogen) atoms. The molecule has 2 atom stereocenters. The lowest BCUT2D eigenvalue weighted by Gasteiger charge is -2.25. The van der Waals surface area contributed by atoms with E-state index in [4.69, 9.17) is 0 Å². The van der Waals surface area contributed by atoms with Gasteiger partial charge < -0.3 is 4.90 Å². The topological polar surface area (TPSA) is 20.3 Å². The Hall–Kier alpha value is -0.350. The maximum atomic E-state index is 11.9. The van der Waals surface area contributed by atoms with E-state index in [9.17, 15) is 4.79 Å². The first-order chi connectivity index (χ1) is 7.20. The molecule has 1 aromatic heterocycles. The van der Waals surface area contributed by atoms with Crippen LogP contribution in [0, 0.1) is 0 Å². The normalized spacial score (nSPS) is 23.1. The van der Waals surface area contributed by atoms with Crippen molar-refractivity contribution < 1.29 is 4.79 Å². The molecule has 2 unspecified atom stereocenters. The van der Waals surface area contributed by atoms with Crippen LogP contribution in [0.4, 0.5) is 0 Å². The van der Waals surface area contributed by atoms with E-state index in [-0.39, 0.29) is 10.7 Å². The second kappa shape index (κ2) is 4.66. The second-order valence-electron chi connectivity index (χ2n) is 3.82. The Labute approximate surface area is 102 Å². The monoisotopic (exact) mass is 287 g/mol. The number of amides is 1. The van der Waals surface area contributed by atoms with Crippen molar-refractivity contribution in [1.29, 1.82) is 0 Å². The van der Waals surface area contributed by atoms with E-state index >= 15 is 0 Å². The van der Waals surface area contributed by atoms with Crippen LogP contribution in [-0.4, -0.2) is 22.2 Å². The number of alkyl halides is 1. The molecule has 1 aliphatic heterocycles. The highest BCUT2D eigenvalue weighted by atomic mass is 79.9. The maximum Gasteiger partial charge on any atom is 0.236 e. The molecular weight excluding hydrogens is 274 g/mol. The molecule has 2 nitrogen and oxygen atoms in total. The minimum Gasteiger partial charge on any atom is -0.334 e. The molecule has 4 heteroatoms. The molecule has 2 rings (SSSR count). The largest absolute Gasteiger partial charge is 0.334 e. The van der Waals surface area contributed by atoms with Crippen LogP contribution >= 0.6 is 27.3 Å². The number of hydrogen-bond donors (Lipinski definition) is 0. The summed E-state index contributed by atoms with van der Waals surface area (Å²) in [6, 6.07) is 4.50. The van der Waals surface area contributed by atoms with E-state index in [1.54, 1.807) is 11.3 Å². The third kappa shape index (κ3) is 2.26. The third-order valence-electron chi connectivity index (χ3n) is 2.75. The van der Waals surface area contributed by atoms with Crippen LogP contribution in [0.1, 0.15) is 30.7 Å². The highest BCUT2D eigenvalue weighted by molar-refractivity contribution is 9.10. The van der Waals surface area contributed by atoms with Crippen LogP contribution < -0.4 is 0 Å². The number of nitrogens with zero attached hydrogens (tertiary/aromatic N) is 1. The maximum absolute atomic E-state index is 11.9. The van der Waals surface area contributed by atoms with Crippen molar-refractivity contribution in [1.82, 2.24) is 4.90 Å². The summed E-state index contributed by atoms with van der Waals surface area (Å²) in [7, 11) is 0. The Balaban J connectivity index is 2.15. The molecule has 0 saturated carbocycles. The van der Waals surface area contributed by atoms with Crippen LogP contribution in [0.3, 0.4) is 0 Å². The summed E-state index contributed by atoms with van der Waals surface area (Å²) in [5.74, 6) is 0.214. The molecule has 1 aliphatic rings. The van der Waals surface area contributed by atoms with Crippen molar-refractivity contribution in [3.05, 3.63) is 22.4 Å². The van der Waals surface area contributed by atoms with Gasteiger partial charge in [-0.05, 0) is 31.2 Å². The van der Waals surface area contributed by atoms with E-state index in [0.29, 0.717) is 6.04 Å². The van der Waals surface area contributed by atoms with E-state index in [2.05, 4.69) is 33.4 Å². The molecule has 1 fully saturated rings. The summed E-state index contributed by atoms with van der Waals surface area (Å²) >= 11 is 5.10. The lowest BCUT2D eigenvalue weighted by molar-refractivity contribution is -0.131. The van der Waals surface area contributed by atoms with Crippen molar-refractivity contribution >= 4 is 33.2 Å². The summed E-state index contributed by atoms with van der Waals surface area (Å²) in [6.45, 7) is 2.80. The van der Waals surface area contributed by atoms with Gasteiger partial charge in [0.05, 0.1) is 10.9 Å². The van der Waals surface area contributed by atoms with Crippen LogP contribution in [-0.2, 0) is 4.79 Å². The molecule has 0 radical (unpaired) electrons. The Bertz CT molecular complexity index is 336. The van der Waals surface area contributed by atoms with Gasteiger partial charge in [0.1, 0.15) is 0 Å². The smallest absolute Gasteiger partial charge is 0.236 e. The minimum atomic E-state index is -0.0712. The first-order valence-electron chi connectivity index (χ1n) is 5.18. The van der Waals surface area contributed by atoms with Gasteiger partial charge in [-0.15, -0.1) is 11.3 Å². The van der Waals surface area contributed by atoms with Gasteiger partial charge in [-0.25, -0.2) is 0 Å². The number of rotatable bonds is 2. The summed E-state index contributed by atoms with van der Waals surface area (Å²) in [5.41, 5.74) is 0. The predicted octanol–water partition coefficient (Wildman–Crippen LogP) is 3.20. The summed E-state index contributed by atoms with van der Waals surface area (Å²) in [4.78, 5) is 15.2. The van der Waals surface area contributed by atoms with Crippen LogP contribution in [0.5, 0.6) is 0 Å². The van der Waals surface area contributed by atoms with Crippen LogP contribution in [0.25, 0.3) is 0 Å². The molecular formula is C11H14BrNOS. The number of halogens is 1. The van der Waals surface area contributed by atoms with E-state index < -0.39 is 0 Å². The number of likely N-dealkylation sites (tertiary alicyclic amines) is 1. The zero-order chi connectivity index (χ0) is 10.8. The van der Waals surface area contributed by atoms with Gasteiger partial charge in [0.2, 0.25) is 5.91 Å². The highest BCUT2D eigenvalue weighted by Gasteiger charge is 2.31. The molecule has 0 aliphatic carbocycles. The van der Waals surface area contributed by atoms with Gasteiger partial charge >= 0.3 is 0 Å². The summed E-state index contributed by atoms with van der Waals surface area (Å²) < 4.78 is 0. The lowest BCUT2D eigenvalue weighted by Crippen LogP contribution is -2.34. The fourth-order valence-corrected chi connectivity index (χ4v) is 3.17. The van der Waals surface area contributed by atoms with Gasteiger partial charge in [-0.2, -0.15) is 0 Å².